The minimum Gasteiger partial charge on any atom is -0.386 e. The van der Waals surface area contributed by atoms with Crippen LogP contribution in [0.1, 0.15) is 31.0 Å². The largest absolute Gasteiger partial charge is 0.386 e. The number of hydrogen-bond donors (Lipinski definition) is 1. The molecule has 0 fully saturated rings. The smallest absolute Gasteiger partial charge is 0.160 e. The monoisotopic (exact) mass is 309 g/mol. The Balaban J connectivity index is 2.33. The molecule has 4 heteroatoms. The molecule has 0 aliphatic heterocycles. The van der Waals surface area contributed by atoms with Gasteiger partial charge in [0.2, 0.25) is 0 Å². The van der Waals surface area contributed by atoms with E-state index in [1.54, 1.807) is 13.1 Å². The molecular formula is C19H20FN3. The van der Waals surface area contributed by atoms with Crippen molar-refractivity contribution < 1.29 is 4.39 Å². The van der Waals surface area contributed by atoms with E-state index in [9.17, 15) is 4.39 Å². The van der Waals surface area contributed by atoms with E-state index >= 15 is 0 Å². The number of aromatic nitrogens is 2. The van der Waals surface area contributed by atoms with Crippen molar-refractivity contribution >= 4 is 16.6 Å². The Hall–Kier alpha value is -2.49. The van der Waals surface area contributed by atoms with E-state index in [1.807, 2.05) is 31.2 Å². The Morgan fingerprint density at radius 1 is 1.09 bits per heavy atom. The van der Waals surface area contributed by atoms with Gasteiger partial charge in [0.1, 0.15) is 5.82 Å². The van der Waals surface area contributed by atoms with Crippen LogP contribution >= 0.6 is 0 Å². The summed E-state index contributed by atoms with van der Waals surface area (Å²) in [6.07, 6.45) is 0. The molecule has 0 saturated heterocycles. The van der Waals surface area contributed by atoms with Crippen molar-refractivity contribution in [2.24, 2.45) is 0 Å². The van der Waals surface area contributed by atoms with Crippen molar-refractivity contribution in [3.8, 4) is 11.4 Å². The number of hydrogen-bond acceptors (Lipinski definition) is 3. The van der Waals surface area contributed by atoms with Gasteiger partial charge in [0, 0.05) is 24.1 Å². The van der Waals surface area contributed by atoms with Gasteiger partial charge in [-0.2, -0.15) is 0 Å². The molecule has 0 aliphatic rings. The van der Waals surface area contributed by atoms with Crippen molar-refractivity contribution in [3.05, 3.63) is 53.5 Å². The molecule has 3 nitrogen and oxygen atoms in total. The third-order valence-corrected chi connectivity index (χ3v) is 4.02. The first-order valence-corrected chi connectivity index (χ1v) is 7.76. The molecule has 2 aromatic carbocycles. The zero-order chi connectivity index (χ0) is 16.6. The minimum atomic E-state index is -0.302. The average Bonchev–Trinajstić information content (AvgIpc) is 2.53. The summed E-state index contributed by atoms with van der Waals surface area (Å²) in [6.45, 7) is 6.21. The van der Waals surface area contributed by atoms with E-state index in [1.165, 1.54) is 6.07 Å². The molecule has 1 heterocycles. The third-order valence-electron chi connectivity index (χ3n) is 4.02. The Morgan fingerprint density at radius 3 is 2.48 bits per heavy atom. The highest BCUT2D eigenvalue weighted by molar-refractivity contribution is 5.87. The van der Waals surface area contributed by atoms with Gasteiger partial charge >= 0.3 is 0 Å². The van der Waals surface area contributed by atoms with Crippen LogP contribution in [0.3, 0.4) is 0 Å². The van der Waals surface area contributed by atoms with Gasteiger partial charge in [0.15, 0.2) is 5.82 Å². The first-order valence-electron chi connectivity index (χ1n) is 7.76. The minimum absolute atomic E-state index is 0.221. The van der Waals surface area contributed by atoms with Crippen molar-refractivity contribution in [1.82, 2.24) is 9.97 Å². The standard InChI is InChI=1S/C19H20FN3/c1-11(2)18-14-9-17(21-4)15(20)10-16(14)22-19(23-18)13-8-6-5-7-12(13)3/h5-11,21H,1-4H3. The predicted octanol–water partition coefficient (Wildman–Crippen LogP) is 4.91. The summed E-state index contributed by atoms with van der Waals surface area (Å²) in [4.78, 5) is 9.38. The van der Waals surface area contributed by atoms with Gasteiger partial charge in [-0.05, 0) is 24.5 Å². The van der Waals surface area contributed by atoms with E-state index in [2.05, 4.69) is 24.1 Å². The molecule has 0 unspecified atom stereocenters. The Kier molecular flexibility index (Phi) is 3.99. The van der Waals surface area contributed by atoms with Crippen molar-refractivity contribution in [3.63, 3.8) is 0 Å². The van der Waals surface area contributed by atoms with Gasteiger partial charge in [0.25, 0.3) is 0 Å². The van der Waals surface area contributed by atoms with Crippen LogP contribution in [0.2, 0.25) is 0 Å². The summed E-state index contributed by atoms with van der Waals surface area (Å²) in [5.74, 6) is 0.568. The molecule has 3 aromatic rings. The van der Waals surface area contributed by atoms with Crippen LogP contribution in [0.5, 0.6) is 0 Å². The van der Waals surface area contributed by atoms with Crippen molar-refractivity contribution in [2.75, 3.05) is 12.4 Å². The highest BCUT2D eigenvalue weighted by Crippen LogP contribution is 2.30. The predicted molar refractivity (Wildman–Crippen MR) is 93.3 cm³/mol. The van der Waals surface area contributed by atoms with E-state index in [0.29, 0.717) is 17.0 Å². The van der Waals surface area contributed by atoms with Crippen LogP contribution in [0.4, 0.5) is 10.1 Å². The average molecular weight is 309 g/mol. The van der Waals surface area contributed by atoms with Crippen molar-refractivity contribution in [2.45, 2.75) is 26.7 Å². The highest BCUT2D eigenvalue weighted by atomic mass is 19.1. The summed E-state index contributed by atoms with van der Waals surface area (Å²) < 4.78 is 14.1. The van der Waals surface area contributed by atoms with Crippen LogP contribution < -0.4 is 5.32 Å². The van der Waals surface area contributed by atoms with E-state index in [0.717, 1.165) is 22.2 Å². The van der Waals surface area contributed by atoms with Gasteiger partial charge in [-0.1, -0.05) is 38.1 Å². The summed E-state index contributed by atoms with van der Waals surface area (Å²) in [5.41, 5.74) is 4.12. The second kappa shape index (κ2) is 5.95. The fourth-order valence-electron chi connectivity index (χ4n) is 2.75. The Morgan fingerprint density at radius 2 is 1.83 bits per heavy atom. The topological polar surface area (TPSA) is 37.8 Å². The second-order valence-corrected chi connectivity index (χ2v) is 6.00. The first kappa shape index (κ1) is 15.4. The van der Waals surface area contributed by atoms with Crippen LogP contribution in [-0.2, 0) is 0 Å². The number of nitrogens with zero attached hydrogens (tertiary/aromatic N) is 2. The lowest BCUT2D eigenvalue weighted by atomic mass is 10.0. The van der Waals surface area contributed by atoms with Crippen LogP contribution in [-0.4, -0.2) is 17.0 Å². The number of rotatable bonds is 3. The molecule has 0 amide bonds. The van der Waals surface area contributed by atoms with Gasteiger partial charge in [-0.3, -0.25) is 0 Å². The molecule has 0 spiro atoms. The third kappa shape index (κ3) is 2.77. The van der Waals surface area contributed by atoms with E-state index in [4.69, 9.17) is 4.98 Å². The zero-order valence-corrected chi connectivity index (χ0v) is 13.8. The molecule has 3 rings (SSSR count). The SMILES string of the molecule is CNc1cc2c(C(C)C)nc(-c3ccccc3C)nc2cc1F. The summed E-state index contributed by atoms with van der Waals surface area (Å²) in [7, 11) is 1.71. The van der Waals surface area contributed by atoms with Gasteiger partial charge in [-0.15, -0.1) is 0 Å². The Bertz CT molecular complexity index is 872. The van der Waals surface area contributed by atoms with E-state index < -0.39 is 0 Å². The fraction of sp³-hybridized carbons (Fsp3) is 0.263. The maximum atomic E-state index is 14.1. The quantitative estimate of drug-likeness (QED) is 0.747. The molecule has 0 aliphatic carbocycles. The summed E-state index contributed by atoms with van der Waals surface area (Å²) in [5, 5.41) is 3.77. The lowest BCUT2D eigenvalue weighted by Gasteiger charge is -2.14. The zero-order valence-electron chi connectivity index (χ0n) is 13.8. The Labute approximate surface area is 135 Å². The van der Waals surface area contributed by atoms with Crippen LogP contribution in [0.15, 0.2) is 36.4 Å². The maximum Gasteiger partial charge on any atom is 0.160 e. The number of anilines is 1. The molecule has 1 aromatic heterocycles. The molecule has 0 bridgehead atoms. The van der Waals surface area contributed by atoms with Crippen molar-refractivity contribution in [1.29, 1.82) is 0 Å². The van der Waals surface area contributed by atoms with E-state index in [-0.39, 0.29) is 11.7 Å². The molecular weight excluding hydrogens is 289 g/mol. The fourth-order valence-corrected chi connectivity index (χ4v) is 2.75. The number of benzene rings is 2. The lowest BCUT2D eigenvalue weighted by molar-refractivity contribution is 0.632. The maximum absolute atomic E-state index is 14.1. The second-order valence-electron chi connectivity index (χ2n) is 6.00. The summed E-state index contributed by atoms with van der Waals surface area (Å²) in [6, 6.07) is 11.3. The summed E-state index contributed by atoms with van der Waals surface area (Å²) >= 11 is 0. The first-order chi connectivity index (χ1) is 11.0. The normalized spacial score (nSPS) is 11.2. The van der Waals surface area contributed by atoms with Crippen LogP contribution in [0.25, 0.3) is 22.3 Å². The number of fused-ring (bicyclic) bond motifs is 1. The molecule has 0 radical (unpaired) electrons. The lowest BCUT2D eigenvalue weighted by Crippen LogP contribution is -2.02. The molecule has 0 saturated carbocycles. The molecule has 118 valence electrons. The number of nitrogens with one attached hydrogen (secondary N) is 1. The molecule has 0 atom stereocenters. The molecule has 23 heavy (non-hydrogen) atoms. The number of halogens is 1. The van der Waals surface area contributed by atoms with Gasteiger partial charge < -0.3 is 5.32 Å². The number of aryl methyl sites for hydroxylation is 1. The van der Waals surface area contributed by atoms with Gasteiger partial charge in [-0.25, -0.2) is 14.4 Å². The van der Waals surface area contributed by atoms with Gasteiger partial charge in [0.05, 0.1) is 16.9 Å². The highest BCUT2D eigenvalue weighted by Gasteiger charge is 2.15. The molecule has 1 N–H and O–H groups in total. The van der Waals surface area contributed by atoms with Crippen LogP contribution in [0, 0.1) is 12.7 Å².